The van der Waals surface area contributed by atoms with Gasteiger partial charge in [-0.05, 0) is 19.8 Å². The summed E-state index contributed by atoms with van der Waals surface area (Å²) in [5.41, 5.74) is 6.69. The minimum atomic E-state index is -2.89. The Bertz CT molecular complexity index is 693. The molecule has 13 nitrogen and oxygen atoms in total. The molecule has 1 saturated heterocycles. The molecule has 1 fully saturated rings. The van der Waals surface area contributed by atoms with E-state index in [4.69, 9.17) is 29.2 Å². The Morgan fingerprint density at radius 1 is 1.20 bits per heavy atom. The van der Waals surface area contributed by atoms with Crippen LogP contribution in [0.5, 0.6) is 0 Å². The maximum atomic E-state index is 11.4. The maximum Gasteiger partial charge on any atom is 0.695 e. The number of nitrogens with zero attached hydrogens (tertiary/aromatic N) is 3. The first-order valence-electron chi connectivity index (χ1n) is 11.9. The van der Waals surface area contributed by atoms with Gasteiger partial charge in [-0.15, -0.1) is 9.42 Å². The fourth-order valence-electron chi connectivity index (χ4n) is 4.09. The molecule has 35 heavy (non-hydrogen) atoms. The van der Waals surface area contributed by atoms with Gasteiger partial charge in [-0.2, -0.15) is 0 Å². The fraction of sp³-hybridized carbons (Fsp3) is 0.905. The van der Waals surface area contributed by atoms with Gasteiger partial charge in [0.25, 0.3) is 0 Å². The molecular formula is C21H41N5O8P+. The molecule has 0 bridgehead atoms. The van der Waals surface area contributed by atoms with Crippen LogP contribution in [-0.4, -0.2) is 130 Å². The van der Waals surface area contributed by atoms with Crippen molar-refractivity contribution in [2.45, 2.75) is 50.2 Å². The fourth-order valence-corrected chi connectivity index (χ4v) is 4.55. The van der Waals surface area contributed by atoms with E-state index in [1.807, 2.05) is 6.92 Å². The van der Waals surface area contributed by atoms with Crippen molar-refractivity contribution in [3.63, 3.8) is 0 Å². The van der Waals surface area contributed by atoms with Crippen LogP contribution in [-0.2, 0) is 28.0 Å². The first kappa shape index (κ1) is 30.1. The maximum absolute atomic E-state index is 11.4. The van der Waals surface area contributed by atoms with E-state index in [9.17, 15) is 14.6 Å². The molecule has 0 amide bonds. The summed E-state index contributed by atoms with van der Waals surface area (Å²) in [6.45, 7) is 6.16. The SMILES string of the molecule is COCCN(CCOC)CCOC1C(CCCN=C2C(N)=NCNC2C)OC(CO)C1O[P+](=O)O. The minimum absolute atomic E-state index is 0.0304. The standard InChI is InChI=1S/C21H40N5O8P/c1-15-18(21(22)25-14-24-15)23-6-4-5-16-19(20(34-35(28)29)17(13-27)33-16)32-12-9-26(7-10-30-2)8-11-31-3/h15-17,19-20,24,27H,4-14H2,1-3H3,(H2-,22,25,28,29)/p+1. The van der Waals surface area contributed by atoms with E-state index >= 15 is 0 Å². The monoisotopic (exact) mass is 522 g/mol. The number of nitrogens with two attached hydrogens (primary N) is 1. The number of amidine groups is 1. The van der Waals surface area contributed by atoms with E-state index in [0.717, 1.165) is 18.8 Å². The predicted octanol–water partition coefficient (Wildman–Crippen LogP) is -0.711. The molecule has 0 aromatic carbocycles. The number of nitrogens with one attached hydrogen (secondary N) is 1. The molecule has 6 atom stereocenters. The van der Waals surface area contributed by atoms with Gasteiger partial charge in [-0.25, -0.2) is 0 Å². The topological polar surface area (TPSA) is 170 Å². The summed E-state index contributed by atoms with van der Waals surface area (Å²) in [7, 11) is 0.409. The van der Waals surface area contributed by atoms with Crippen LogP contribution in [0.15, 0.2) is 9.98 Å². The Kier molecular flexibility index (Phi) is 14.3. The molecule has 14 heteroatoms. The molecule has 0 aromatic heterocycles. The van der Waals surface area contributed by atoms with Crippen LogP contribution in [0.4, 0.5) is 0 Å². The van der Waals surface area contributed by atoms with Crippen LogP contribution in [0.3, 0.4) is 0 Å². The summed E-state index contributed by atoms with van der Waals surface area (Å²) in [5, 5.41) is 13.0. The van der Waals surface area contributed by atoms with Gasteiger partial charge < -0.3 is 29.8 Å². The summed E-state index contributed by atoms with van der Waals surface area (Å²) < 4.78 is 39.1. The highest BCUT2D eigenvalue weighted by Gasteiger charge is 2.50. The van der Waals surface area contributed by atoms with Gasteiger partial charge in [0.15, 0.2) is 6.10 Å². The van der Waals surface area contributed by atoms with Gasteiger partial charge in [0.05, 0.1) is 51.0 Å². The Hall–Kier alpha value is -1.12. The third-order valence-electron chi connectivity index (χ3n) is 5.99. The van der Waals surface area contributed by atoms with E-state index in [2.05, 4.69) is 20.2 Å². The smallest absolute Gasteiger partial charge is 0.394 e. The Morgan fingerprint density at radius 3 is 2.49 bits per heavy atom. The average Bonchev–Trinajstić information content (AvgIpc) is 3.15. The van der Waals surface area contributed by atoms with E-state index in [0.29, 0.717) is 58.3 Å². The highest BCUT2D eigenvalue weighted by atomic mass is 31.1. The number of methoxy groups -OCH3 is 2. The van der Waals surface area contributed by atoms with E-state index in [-0.39, 0.29) is 12.6 Å². The van der Waals surface area contributed by atoms with Crippen molar-refractivity contribution in [3.05, 3.63) is 0 Å². The molecule has 0 aliphatic carbocycles. The van der Waals surface area contributed by atoms with Gasteiger partial charge in [0, 0.05) is 45.0 Å². The van der Waals surface area contributed by atoms with E-state index in [1.165, 1.54) is 0 Å². The van der Waals surface area contributed by atoms with Crippen LogP contribution in [0.25, 0.3) is 0 Å². The molecule has 202 valence electrons. The lowest BCUT2D eigenvalue weighted by molar-refractivity contribution is -0.0443. The minimum Gasteiger partial charge on any atom is -0.394 e. The van der Waals surface area contributed by atoms with Gasteiger partial charge in [0.2, 0.25) is 0 Å². The Balaban J connectivity index is 1.98. The molecule has 0 radical (unpaired) electrons. The van der Waals surface area contributed by atoms with E-state index in [1.54, 1.807) is 14.2 Å². The van der Waals surface area contributed by atoms with Gasteiger partial charge in [-0.1, -0.05) is 0 Å². The zero-order valence-electron chi connectivity index (χ0n) is 20.9. The van der Waals surface area contributed by atoms with Gasteiger partial charge >= 0.3 is 8.25 Å². The lowest BCUT2D eigenvalue weighted by Crippen LogP contribution is -2.46. The van der Waals surface area contributed by atoms with Crippen molar-refractivity contribution >= 4 is 19.8 Å². The van der Waals surface area contributed by atoms with Crippen LogP contribution in [0.2, 0.25) is 0 Å². The second-order valence-corrected chi connectivity index (χ2v) is 9.09. The number of hydrogen-bond acceptors (Lipinski definition) is 12. The Labute approximate surface area is 208 Å². The third kappa shape index (κ3) is 10.0. The number of aliphatic hydroxyl groups is 1. The lowest BCUT2D eigenvalue weighted by atomic mass is 10.0. The first-order chi connectivity index (χ1) is 16.9. The molecule has 2 aliphatic rings. The summed E-state index contributed by atoms with van der Waals surface area (Å²) in [6, 6.07) is 0.0304. The summed E-state index contributed by atoms with van der Waals surface area (Å²) in [4.78, 5) is 20.3. The molecule has 2 heterocycles. The number of rotatable bonds is 17. The molecule has 5 N–H and O–H groups in total. The zero-order valence-corrected chi connectivity index (χ0v) is 21.8. The van der Waals surface area contributed by atoms with Crippen molar-refractivity contribution in [1.82, 2.24) is 10.2 Å². The molecule has 6 unspecified atom stereocenters. The lowest BCUT2D eigenvalue weighted by Gasteiger charge is -2.25. The number of ether oxygens (including phenoxy) is 4. The summed E-state index contributed by atoms with van der Waals surface area (Å²) in [6.07, 6.45) is -1.42. The molecule has 2 rings (SSSR count). The van der Waals surface area contributed by atoms with Crippen LogP contribution < -0.4 is 11.1 Å². The molecular weight excluding hydrogens is 481 g/mol. The number of hydrogen-bond donors (Lipinski definition) is 4. The molecule has 0 saturated carbocycles. The van der Waals surface area contributed by atoms with Crippen LogP contribution >= 0.6 is 8.25 Å². The number of aliphatic imine (C=N–C) groups is 2. The van der Waals surface area contributed by atoms with Gasteiger partial charge in [-0.3, -0.25) is 20.2 Å². The molecule has 0 aromatic rings. The normalized spacial score (nSPS) is 28.6. The van der Waals surface area contributed by atoms with Crippen LogP contribution in [0, 0.1) is 0 Å². The highest BCUT2D eigenvalue weighted by molar-refractivity contribution is 7.32. The van der Waals surface area contributed by atoms with Crippen molar-refractivity contribution < 1.29 is 38.0 Å². The highest BCUT2D eigenvalue weighted by Crippen LogP contribution is 2.34. The predicted molar refractivity (Wildman–Crippen MR) is 131 cm³/mol. The quantitative estimate of drug-likeness (QED) is 0.141. The van der Waals surface area contributed by atoms with Crippen molar-refractivity contribution in [3.8, 4) is 0 Å². The zero-order chi connectivity index (χ0) is 25.6. The second-order valence-electron chi connectivity index (χ2n) is 8.40. The van der Waals surface area contributed by atoms with Gasteiger partial charge in [0.1, 0.15) is 18.0 Å². The molecule has 2 aliphatic heterocycles. The summed E-state index contributed by atoms with van der Waals surface area (Å²) in [5.74, 6) is 0.446. The summed E-state index contributed by atoms with van der Waals surface area (Å²) >= 11 is 0. The molecule has 0 spiro atoms. The second kappa shape index (κ2) is 16.6. The van der Waals surface area contributed by atoms with Crippen molar-refractivity contribution in [1.29, 1.82) is 0 Å². The third-order valence-corrected chi connectivity index (χ3v) is 6.41. The first-order valence-corrected chi connectivity index (χ1v) is 13.0. The average molecular weight is 523 g/mol. The Morgan fingerprint density at radius 2 is 1.89 bits per heavy atom. The van der Waals surface area contributed by atoms with Crippen LogP contribution in [0.1, 0.15) is 19.8 Å². The van der Waals surface area contributed by atoms with E-state index < -0.39 is 32.7 Å². The largest absolute Gasteiger partial charge is 0.695 e. The number of aliphatic hydroxyl groups excluding tert-OH is 1. The van der Waals surface area contributed by atoms with Crippen molar-refractivity contribution in [2.24, 2.45) is 15.7 Å². The van der Waals surface area contributed by atoms with Crippen molar-refractivity contribution in [2.75, 3.05) is 73.5 Å².